The maximum Gasteiger partial charge on any atom is 0.0611 e. The van der Waals surface area contributed by atoms with Crippen LogP contribution in [0.2, 0.25) is 0 Å². The molecule has 2 fully saturated rings. The third kappa shape index (κ3) is 3.91. The Morgan fingerprint density at radius 1 is 1.00 bits per heavy atom. The molecule has 1 nitrogen and oxygen atoms in total. The predicted molar refractivity (Wildman–Crippen MR) is 85.8 cm³/mol. The molecular formula is C17H32OS. The first-order valence-corrected chi connectivity index (χ1v) is 8.94. The quantitative estimate of drug-likeness (QED) is 0.718. The SMILES string of the molecule is CCCOC1CCC(C2CCC(C)CC2)C(S)C1C. The van der Waals surface area contributed by atoms with Crippen molar-refractivity contribution in [3.8, 4) is 0 Å². The van der Waals surface area contributed by atoms with Crippen LogP contribution >= 0.6 is 12.6 Å². The monoisotopic (exact) mass is 284 g/mol. The van der Waals surface area contributed by atoms with E-state index in [0.29, 0.717) is 17.3 Å². The molecule has 19 heavy (non-hydrogen) atoms. The average molecular weight is 285 g/mol. The molecule has 112 valence electrons. The Morgan fingerprint density at radius 2 is 1.68 bits per heavy atom. The maximum atomic E-state index is 6.02. The van der Waals surface area contributed by atoms with Crippen molar-refractivity contribution >= 4 is 12.6 Å². The summed E-state index contributed by atoms with van der Waals surface area (Å²) in [5.74, 6) is 3.35. The average Bonchev–Trinajstić information content (AvgIpc) is 2.42. The van der Waals surface area contributed by atoms with Crippen LogP contribution in [0.4, 0.5) is 0 Å². The largest absolute Gasteiger partial charge is 0.378 e. The summed E-state index contributed by atoms with van der Waals surface area (Å²) in [5, 5.41) is 0.550. The summed E-state index contributed by atoms with van der Waals surface area (Å²) in [6.45, 7) is 7.88. The maximum absolute atomic E-state index is 6.02. The van der Waals surface area contributed by atoms with Crippen molar-refractivity contribution < 1.29 is 4.74 Å². The molecule has 0 N–H and O–H groups in total. The van der Waals surface area contributed by atoms with E-state index in [4.69, 9.17) is 17.4 Å². The van der Waals surface area contributed by atoms with Gasteiger partial charge in [0.2, 0.25) is 0 Å². The second-order valence-electron chi connectivity index (χ2n) is 7.02. The number of ether oxygens (including phenoxy) is 1. The van der Waals surface area contributed by atoms with Crippen molar-refractivity contribution in [3.05, 3.63) is 0 Å². The third-order valence-corrected chi connectivity index (χ3v) is 6.40. The summed E-state index contributed by atoms with van der Waals surface area (Å²) in [4.78, 5) is 0. The predicted octanol–water partition coefficient (Wildman–Crippen LogP) is 4.95. The van der Waals surface area contributed by atoms with Crippen LogP contribution in [-0.2, 0) is 4.74 Å². The van der Waals surface area contributed by atoms with Crippen LogP contribution in [-0.4, -0.2) is 18.0 Å². The Labute approximate surface area is 125 Å². The number of rotatable bonds is 4. The summed E-state index contributed by atoms with van der Waals surface area (Å²) in [6, 6.07) is 0. The van der Waals surface area contributed by atoms with Gasteiger partial charge in [0.1, 0.15) is 0 Å². The minimum atomic E-state index is 0.459. The second kappa shape index (κ2) is 7.36. The Hall–Kier alpha value is 0.310. The third-order valence-electron chi connectivity index (χ3n) is 5.55. The van der Waals surface area contributed by atoms with Gasteiger partial charge >= 0.3 is 0 Å². The van der Waals surface area contributed by atoms with Crippen molar-refractivity contribution in [2.45, 2.75) is 77.1 Å². The van der Waals surface area contributed by atoms with Crippen molar-refractivity contribution in [1.29, 1.82) is 0 Å². The van der Waals surface area contributed by atoms with Crippen molar-refractivity contribution in [1.82, 2.24) is 0 Å². The zero-order valence-electron chi connectivity index (χ0n) is 13.0. The van der Waals surface area contributed by atoms with E-state index in [2.05, 4.69) is 20.8 Å². The first kappa shape index (κ1) is 15.7. The van der Waals surface area contributed by atoms with Crippen molar-refractivity contribution in [2.24, 2.45) is 23.7 Å². The van der Waals surface area contributed by atoms with Gasteiger partial charge < -0.3 is 4.74 Å². The van der Waals surface area contributed by atoms with Crippen LogP contribution in [0.3, 0.4) is 0 Å². The number of hydrogen-bond acceptors (Lipinski definition) is 2. The smallest absolute Gasteiger partial charge is 0.0611 e. The molecule has 2 rings (SSSR count). The van der Waals surface area contributed by atoms with Crippen LogP contribution in [0.25, 0.3) is 0 Å². The first-order chi connectivity index (χ1) is 9.13. The number of hydrogen-bond donors (Lipinski definition) is 1. The topological polar surface area (TPSA) is 9.23 Å². The van der Waals surface area contributed by atoms with Crippen LogP contribution in [0, 0.1) is 23.7 Å². The highest BCUT2D eigenvalue weighted by atomic mass is 32.1. The van der Waals surface area contributed by atoms with Gasteiger partial charge in [0, 0.05) is 11.9 Å². The van der Waals surface area contributed by atoms with Gasteiger partial charge in [0.15, 0.2) is 0 Å². The Balaban J connectivity index is 1.87. The van der Waals surface area contributed by atoms with Crippen molar-refractivity contribution in [2.75, 3.05) is 6.61 Å². The molecule has 4 atom stereocenters. The van der Waals surface area contributed by atoms with E-state index in [1.165, 1.54) is 38.5 Å². The minimum absolute atomic E-state index is 0.459. The summed E-state index contributed by atoms with van der Waals surface area (Å²) in [5.41, 5.74) is 0. The lowest BCUT2D eigenvalue weighted by atomic mass is 9.68. The highest BCUT2D eigenvalue weighted by molar-refractivity contribution is 7.81. The lowest BCUT2D eigenvalue weighted by Gasteiger charge is -2.44. The molecule has 0 aromatic rings. The minimum Gasteiger partial charge on any atom is -0.378 e. The Kier molecular flexibility index (Phi) is 6.08. The van der Waals surface area contributed by atoms with E-state index in [1.54, 1.807) is 0 Å². The van der Waals surface area contributed by atoms with Gasteiger partial charge in [-0.1, -0.05) is 33.6 Å². The van der Waals surface area contributed by atoms with Gasteiger partial charge in [-0.3, -0.25) is 0 Å². The number of thiol groups is 1. The molecule has 2 aliphatic carbocycles. The molecule has 2 aliphatic rings. The summed E-state index contributed by atoms with van der Waals surface area (Å²) >= 11 is 4.99. The highest BCUT2D eigenvalue weighted by Crippen LogP contribution is 2.44. The summed E-state index contributed by atoms with van der Waals surface area (Å²) in [6.07, 6.45) is 9.94. The van der Waals surface area contributed by atoms with Gasteiger partial charge in [-0.05, 0) is 55.8 Å². The second-order valence-corrected chi connectivity index (χ2v) is 7.62. The van der Waals surface area contributed by atoms with Crippen LogP contribution in [0.1, 0.15) is 65.7 Å². The fraction of sp³-hybridized carbons (Fsp3) is 1.00. The molecule has 0 saturated heterocycles. The first-order valence-electron chi connectivity index (χ1n) is 8.43. The molecule has 0 heterocycles. The van der Waals surface area contributed by atoms with Crippen LogP contribution in [0.15, 0.2) is 0 Å². The molecule has 2 saturated carbocycles. The normalized spacial score (nSPS) is 44.2. The lowest BCUT2D eigenvalue weighted by Crippen LogP contribution is -2.42. The fourth-order valence-electron chi connectivity index (χ4n) is 4.13. The van der Waals surface area contributed by atoms with Crippen molar-refractivity contribution in [3.63, 3.8) is 0 Å². The van der Waals surface area contributed by atoms with E-state index in [0.717, 1.165) is 30.8 Å². The van der Waals surface area contributed by atoms with Gasteiger partial charge in [-0.15, -0.1) is 0 Å². The fourth-order valence-corrected chi connectivity index (χ4v) is 4.72. The Bertz CT molecular complexity index is 260. The molecule has 0 aliphatic heterocycles. The van der Waals surface area contributed by atoms with E-state index in [-0.39, 0.29) is 0 Å². The molecule has 0 bridgehead atoms. The molecule has 0 aromatic heterocycles. The van der Waals surface area contributed by atoms with E-state index >= 15 is 0 Å². The molecule has 0 amide bonds. The van der Waals surface area contributed by atoms with Gasteiger partial charge in [-0.25, -0.2) is 0 Å². The summed E-state index contributed by atoms with van der Waals surface area (Å²) in [7, 11) is 0. The zero-order valence-corrected chi connectivity index (χ0v) is 13.9. The molecule has 0 radical (unpaired) electrons. The molecular weight excluding hydrogens is 252 g/mol. The summed E-state index contributed by atoms with van der Waals surface area (Å²) < 4.78 is 6.02. The standard InChI is InChI=1S/C17H32OS/c1-4-11-18-16-10-9-15(17(19)13(16)3)14-7-5-12(2)6-8-14/h12-17,19H,4-11H2,1-3H3. The molecule has 4 unspecified atom stereocenters. The Morgan fingerprint density at radius 3 is 2.32 bits per heavy atom. The lowest BCUT2D eigenvalue weighted by molar-refractivity contribution is -0.0231. The van der Waals surface area contributed by atoms with E-state index in [1.807, 2.05) is 0 Å². The van der Waals surface area contributed by atoms with Crippen LogP contribution in [0.5, 0.6) is 0 Å². The molecule has 0 aromatic carbocycles. The highest BCUT2D eigenvalue weighted by Gasteiger charge is 2.39. The zero-order chi connectivity index (χ0) is 13.8. The van der Waals surface area contributed by atoms with Gasteiger partial charge in [0.25, 0.3) is 0 Å². The van der Waals surface area contributed by atoms with Crippen LogP contribution < -0.4 is 0 Å². The van der Waals surface area contributed by atoms with E-state index in [9.17, 15) is 0 Å². The van der Waals surface area contributed by atoms with E-state index < -0.39 is 0 Å². The van der Waals surface area contributed by atoms with Gasteiger partial charge in [0.05, 0.1) is 6.10 Å². The molecule has 2 heteroatoms. The van der Waals surface area contributed by atoms with Gasteiger partial charge in [-0.2, -0.15) is 12.6 Å². The molecule has 0 spiro atoms.